The number of amides is 1. The van der Waals surface area contributed by atoms with Crippen LogP contribution in [0.2, 0.25) is 20.1 Å². The summed E-state index contributed by atoms with van der Waals surface area (Å²) in [5.74, 6) is 0.404. The Morgan fingerprint density at radius 3 is 2.44 bits per heavy atom. The quantitative estimate of drug-likeness (QED) is 0.312. The number of hydrogen-bond donors (Lipinski definition) is 1. The molecule has 2 heterocycles. The van der Waals surface area contributed by atoms with E-state index in [9.17, 15) is 4.79 Å². The van der Waals surface area contributed by atoms with Crippen LogP contribution in [0.4, 0.5) is 5.95 Å². The highest BCUT2D eigenvalue weighted by atomic mass is 35.5. The van der Waals surface area contributed by atoms with E-state index in [1.807, 2.05) is 12.1 Å². The van der Waals surface area contributed by atoms with E-state index >= 15 is 0 Å². The number of ether oxygens (including phenoxy) is 1. The van der Waals surface area contributed by atoms with Crippen LogP contribution in [0.1, 0.15) is 21.9 Å². The molecule has 0 unspecified atom stereocenters. The monoisotopic (exact) mass is 510 g/mol. The summed E-state index contributed by atoms with van der Waals surface area (Å²) in [6, 6.07) is 13.5. The summed E-state index contributed by atoms with van der Waals surface area (Å²) in [5, 5.41) is 8.42. The zero-order valence-corrected chi connectivity index (χ0v) is 19.2. The normalized spacial score (nSPS) is 10.9. The van der Waals surface area contributed by atoms with Gasteiger partial charge in [0.25, 0.3) is 5.91 Å². The Labute approximate surface area is 202 Å². The summed E-state index contributed by atoms with van der Waals surface area (Å²) in [7, 11) is 0. The van der Waals surface area contributed by atoms with Gasteiger partial charge in [0.2, 0.25) is 5.95 Å². The van der Waals surface area contributed by atoms with E-state index in [0.717, 1.165) is 5.56 Å². The molecule has 1 N–H and O–H groups in total. The fraction of sp³-hybridized carbons (Fsp3) is 0.0952. The molecule has 0 fully saturated rings. The molecule has 11 heteroatoms. The van der Waals surface area contributed by atoms with Crippen LogP contribution in [0, 0.1) is 0 Å². The van der Waals surface area contributed by atoms with Gasteiger partial charge in [-0.2, -0.15) is 0 Å². The predicted molar refractivity (Wildman–Crippen MR) is 123 cm³/mol. The maximum absolute atomic E-state index is 12.4. The number of carbonyl (C=O) groups excluding carboxylic acids is 1. The first kappa shape index (κ1) is 22.5. The number of hydrogen-bond acceptors (Lipinski definition) is 5. The minimum atomic E-state index is -0.497. The first-order valence-electron chi connectivity index (χ1n) is 9.18. The van der Waals surface area contributed by atoms with Crippen molar-refractivity contribution in [3.8, 4) is 5.75 Å². The zero-order chi connectivity index (χ0) is 22.7. The number of rotatable bonds is 7. The van der Waals surface area contributed by atoms with Crippen molar-refractivity contribution in [2.75, 3.05) is 5.32 Å². The van der Waals surface area contributed by atoms with Gasteiger partial charge in [-0.3, -0.25) is 10.1 Å². The highest BCUT2D eigenvalue weighted by molar-refractivity contribution is 6.40. The molecule has 4 aromatic rings. The van der Waals surface area contributed by atoms with Crippen LogP contribution in [0.5, 0.6) is 5.75 Å². The molecule has 0 radical (unpaired) electrons. The van der Waals surface area contributed by atoms with Gasteiger partial charge >= 0.3 is 0 Å². The van der Waals surface area contributed by atoms with Crippen molar-refractivity contribution in [2.24, 2.45) is 0 Å². The van der Waals surface area contributed by atoms with Gasteiger partial charge in [-0.25, -0.2) is 9.67 Å². The van der Waals surface area contributed by atoms with E-state index in [1.165, 1.54) is 24.5 Å². The van der Waals surface area contributed by atoms with Crippen molar-refractivity contribution in [3.05, 3.63) is 92.0 Å². The van der Waals surface area contributed by atoms with Gasteiger partial charge in [-0.1, -0.05) is 58.5 Å². The third-order valence-corrected chi connectivity index (χ3v) is 5.26. The standard InChI is InChI=1S/C21H14Cl4N4O3/c22-13-3-1-12(2-4-13)9-29-11-26-21(28-29)27-20(30)18-6-5-15(32-18)10-31-19-16(24)7-14(23)8-17(19)25/h1-8,11H,9-10H2,(H,27,28,30). The highest BCUT2D eigenvalue weighted by Gasteiger charge is 2.15. The van der Waals surface area contributed by atoms with E-state index in [-0.39, 0.29) is 34.1 Å². The van der Waals surface area contributed by atoms with Gasteiger partial charge < -0.3 is 9.15 Å². The van der Waals surface area contributed by atoms with Crippen LogP contribution in [-0.4, -0.2) is 20.7 Å². The molecule has 2 aromatic heterocycles. The third-order valence-electron chi connectivity index (χ3n) is 4.23. The number of anilines is 1. The van der Waals surface area contributed by atoms with Crippen molar-refractivity contribution in [1.82, 2.24) is 14.8 Å². The summed E-state index contributed by atoms with van der Waals surface area (Å²) >= 11 is 24.0. The average Bonchev–Trinajstić information content (AvgIpc) is 3.38. The van der Waals surface area contributed by atoms with Crippen molar-refractivity contribution in [2.45, 2.75) is 13.2 Å². The smallest absolute Gasteiger partial charge is 0.293 e. The maximum atomic E-state index is 12.4. The molecule has 2 aromatic carbocycles. The molecule has 0 saturated carbocycles. The summed E-state index contributed by atoms with van der Waals surface area (Å²) in [6.45, 7) is 0.500. The van der Waals surface area contributed by atoms with E-state index < -0.39 is 5.91 Å². The van der Waals surface area contributed by atoms with E-state index in [4.69, 9.17) is 55.6 Å². The van der Waals surface area contributed by atoms with Crippen LogP contribution in [0.25, 0.3) is 0 Å². The zero-order valence-electron chi connectivity index (χ0n) is 16.2. The summed E-state index contributed by atoms with van der Waals surface area (Å²) < 4.78 is 12.7. The number of carbonyl (C=O) groups is 1. The molecule has 164 valence electrons. The molecular weight excluding hydrogens is 498 g/mol. The van der Waals surface area contributed by atoms with Crippen LogP contribution in [-0.2, 0) is 13.2 Å². The second-order valence-electron chi connectivity index (χ2n) is 6.60. The fourth-order valence-electron chi connectivity index (χ4n) is 2.76. The lowest BCUT2D eigenvalue weighted by Gasteiger charge is -2.09. The van der Waals surface area contributed by atoms with Crippen molar-refractivity contribution in [3.63, 3.8) is 0 Å². The van der Waals surface area contributed by atoms with Crippen molar-refractivity contribution in [1.29, 1.82) is 0 Å². The lowest BCUT2D eigenvalue weighted by molar-refractivity contribution is 0.0991. The number of nitrogens with one attached hydrogen (secondary N) is 1. The minimum Gasteiger partial charge on any atom is -0.483 e. The van der Waals surface area contributed by atoms with Gasteiger partial charge in [-0.05, 0) is 42.0 Å². The van der Waals surface area contributed by atoms with Gasteiger partial charge in [0.1, 0.15) is 18.7 Å². The largest absolute Gasteiger partial charge is 0.483 e. The SMILES string of the molecule is O=C(Nc1ncn(Cc2ccc(Cl)cc2)n1)c1ccc(COc2c(Cl)cc(Cl)cc2Cl)o1. The molecule has 4 rings (SSSR count). The van der Waals surface area contributed by atoms with Crippen molar-refractivity contribution >= 4 is 58.3 Å². The van der Waals surface area contributed by atoms with E-state index in [2.05, 4.69) is 15.4 Å². The molecule has 32 heavy (non-hydrogen) atoms. The Balaban J connectivity index is 1.35. The molecule has 0 aliphatic carbocycles. The van der Waals surface area contributed by atoms with Gasteiger partial charge in [0.05, 0.1) is 16.6 Å². The van der Waals surface area contributed by atoms with E-state index in [0.29, 0.717) is 22.4 Å². The number of benzene rings is 2. The first-order chi connectivity index (χ1) is 15.4. The molecule has 0 spiro atoms. The van der Waals surface area contributed by atoms with E-state index in [1.54, 1.807) is 22.9 Å². The molecule has 0 atom stereocenters. The van der Waals surface area contributed by atoms with Crippen LogP contribution < -0.4 is 10.1 Å². The van der Waals surface area contributed by atoms with Crippen LogP contribution in [0.3, 0.4) is 0 Å². The molecule has 0 saturated heterocycles. The second kappa shape index (κ2) is 9.83. The molecule has 0 aliphatic rings. The fourth-order valence-corrected chi connectivity index (χ4v) is 3.81. The second-order valence-corrected chi connectivity index (χ2v) is 8.29. The number of aromatic nitrogens is 3. The topological polar surface area (TPSA) is 82.2 Å². The van der Waals surface area contributed by atoms with Crippen molar-refractivity contribution < 1.29 is 13.9 Å². The molecule has 7 nitrogen and oxygen atoms in total. The average molecular weight is 512 g/mol. The van der Waals surface area contributed by atoms with Crippen LogP contribution in [0.15, 0.2) is 59.3 Å². The maximum Gasteiger partial charge on any atom is 0.293 e. The molecule has 0 aliphatic heterocycles. The Bertz CT molecular complexity index is 1230. The molecule has 1 amide bonds. The number of nitrogens with zero attached hydrogens (tertiary/aromatic N) is 3. The summed E-state index contributed by atoms with van der Waals surface area (Å²) in [5.41, 5.74) is 0.994. The molecular formula is C21H14Cl4N4O3. The summed E-state index contributed by atoms with van der Waals surface area (Å²) in [6.07, 6.45) is 1.52. The minimum absolute atomic E-state index is 0.0162. The Morgan fingerprint density at radius 1 is 1.00 bits per heavy atom. The summed E-state index contributed by atoms with van der Waals surface area (Å²) in [4.78, 5) is 16.5. The first-order valence-corrected chi connectivity index (χ1v) is 10.7. The predicted octanol–water partition coefficient (Wildman–Crippen LogP) is 6.36. The Kier molecular flexibility index (Phi) is 6.91. The Morgan fingerprint density at radius 2 is 1.72 bits per heavy atom. The van der Waals surface area contributed by atoms with Gasteiger partial charge in [-0.15, -0.1) is 5.10 Å². The van der Waals surface area contributed by atoms with Gasteiger partial charge in [0, 0.05) is 10.0 Å². The third kappa shape index (κ3) is 5.55. The van der Waals surface area contributed by atoms with Gasteiger partial charge in [0.15, 0.2) is 11.5 Å². The Hall–Kier alpha value is -2.71. The number of halogens is 4. The highest BCUT2D eigenvalue weighted by Crippen LogP contribution is 2.36. The lowest BCUT2D eigenvalue weighted by Crippen LogP contribution is -2.12. The molecule has 0 bridgehead atoms. The van der Waals surface area contributed by atoms with Crippen LogP contribution >= 0.6 is 46.4 Å². The number of furan rings is 1. The lowest BCUT2D eigenvalue weighted by atomic mass is 10.2.